The molecule has 1 amide bonds. The van der Waals surface area contributed by atoms with E-state index in [2.05, 4.69) is 40.4 Å². The van der Waals surface area contributed by atoms with E-state index in [-0.39, 0.29) is 5.91 Å². The van der Waals surface area contributed by atoms with Gasteiger partial charge in [0.25, 0.3) is 5.91 Å². The zero-order valence-electron chi connectivity index (χ0n) is 16.1. The van der Waals surface area contributed by atoms with Crippen LogP contribution in [-0.4, -0.2) is 30.7 Å². The molecule has 1 N–H and O–H groups in total. The number of nitrogens with zero attached hydrogens (tertiary/aromatic N) is 2. The second-order valence-corrected chi connectivity index (χ2v) is 9.37. The Kier molecular flexibility index (Phi) is 5.78. The molecule has 144 valence electrons. The van der Waals surface area contributed by atoms with Crippen LogP contribution in [0.25, 0.3) is 10.9 Å². The van der Waals surface area contributed by atoms with Gasteiger partial charge in [-0.2, -0.15) is 0 Å². The number of aromatic nitrogens is 1. The lowest BCUT2D eigenvalue weighted by molar-refractivity contribution is 0.0952. The summed E-state index contributed by atoms with van der Waals surface area (Å²) < 4.78 is 0. The van der Waals surface area contributed by atoms with Gasteiger partial charge in [0.1, 0.15) is 0 Å². The van der Waals surface area contributed by atoms with Crippen molar-refractivity contribution in [2.75, 3.05) is 24.7 Å². The van der Waals surface area contributed by atoms with Crippen molar-refractivity contribution < 1.29 is 4.79 Å². The molecule has 2 aromatic carbocycles. The van der Waals surface area contributed by atoms with Crippen LogP contribution in [0.2, 0.25) is 0 Å². The molecule has 28 heavy (non-hydrogen) atoms. The number of rotatable bonds is 5. The topological polar surface area (TPSA) is 45.2 Å². The first-order chi connectivity index (χ1) is 13.7. The maximum absolute atomic E-state index is 12.9. The van der Waals surface area contributed by atoms with Gasteiger partial charge in [-0.1, -0.05) is 39.8 Å². The van der Waals surface area contributed by atoms with Gasteiger partial charge in [-0.3, -0.25) is 9.78 Å². The van der Waals surface area contributed by atoms with Crippen molar-refractivity contribution in [2.45, 2.75) is 24.3 Å². The molecule has 0 saturated heterocycles. The average molecular weight is 410 g/mol. The maximum atomic E-state index is 12.9. The van der Waals surface area contributed by atoms with E-state index < -0.39 is 0 Å². The minimum absolute atomic E-state index is 0.0615. The number of fused-ring (bicyclic) bond motifs is 2. The Morgan fingerprint density at radius 3 is 3.00 bits per heavy atom. The number of hydrogen-bond acceptors (Lipinski definition) is 5. The fourth-order valence-corrected chi connectivity index (χ4v) is 5.21. The Bertz CT molecular complexity index is 1020. The van der Waals surface area contributed by atoms with Crippen molar-refractivity contribution >= 4 is 44.1 Å². The molecule has 1 aromatic heterocycles. The van der Waals surface area contributed by atoms with Gasteiger partial charge in [0.05, 0.1) is 5.52 Å². The number of aryl methyl sites for hydroxylation is 1. The van der Waals surface area contributed by atoms with Crippen molar-refractivity contribution in [1.29, 1.82) is 0 Å². The minimum Gasteiger partial charge on any atom is -0.374 e. The van der Waals surface area contributed by atoms with Crippen molar-refractivity contribution in [3.63, 3.8) is 0 Å². The highest BCUT2D eigenvalue weighted by Crippen LogP contribution is 2.34. The lowest BCUT2D eigenvalue weighted by Crippen LogP contribution is -2.26. The van der Waals surface area contributed by atoms with E-state index in [1.54, 1.807) is 27.8 Å². The summed E-state index contributed by atoms with van der Waals surface area (Å²) in [4.78, 5) is 20.8. The third-order valence-electron chi connectivity index (χ3n) is 5.10. The Morgan fingerprint density at radius 1 is 1.25 bits per heavy atom. The van der Waals surface area contributed by atoms with Crippen LogP contribution in [0.3, 0.4) is 0 Å². The second-order valence-electron chi connectivity index (χ2n) is 6.93. The summed E-state index contributed by atoms with van der Waals surface area (Å²) in [6.45, 7) is 1.63. The van der Waals surface area contributed by atoms with Crippen LogP contribution >= 0.6 is 21.6 Å². The lowest BCUT2D eigenvalue weighted by Gasteiger charge is -2.27. The predicted octanol–water partition coefficient (Wildman–Crippen LogP) is 4.92. The molecular weight excluding hydrogens is 386 g/mol. The van der Waals surface area contributed by atoms with Gasteiger partial charge in [0.2, 0.25) is 0 Å². The van der Waals surface area contributed by atoms with Crippen LogP contribution in [0.15, 0.2) is 53.6 Å². The van der Waals surface area contributed by atoms with Gasteiger partial charge in [-0.25, -0.2) is 0 Å². The van der Waals surface area contributed by atoms with E-state index in [4.69, 9.17) is 0 Å². The Balaban J connectivity index is 1.54. The first-order valence-electron chi connectivity index (χ1n) is 9.37. The van der Waals surface area contributed by atoms with Crippen molar-refractivity contribution in [2.24, 2.45) is 0 Å². The molecule has 4 rings (SSSR count). The summed E-state index contributed by atoms with van der Waals surface area (Å²) in [6.07, 6.45) is 6.10. The molecule has 0 spiro atoms. The smallest absolute Gasteiger partial charge is 0.252 e. The number of carbonyl (C=O) groups is 1. The number of nitrogens with one attached hydrogen (secondary N) is 1. The maximum Gasteiger partial charge on any atom is 0.252 e. The first kappa shape index (κ1) is 19.2. The quantitative estimate of drug-likeness (QED) is 0.606. The molecule has 2 heterocycles. The normalized spacial score (nSPS) is 13.4. The van der Waals surface area contributed by atoms with Gasteiger partial charge in [0.15, 0.2) is 0 Å². The van der Waals surface area contributed by atoms with Crippen LogP contribution in [0.5, 0.6) is 0 Å². The third-order valence-corrected chi connectivity index (χ3v) is 6.81. The van der Waals surface area contributed by atoms with E-state index in [0.717, 1.165) is 34.3 Å². The fourth-order valence-electron chi connectivity index (χ4n) is 3.73. The van der Waals surface area contributed by atoms with Crippen LogP contribution < -0.4 is 10.2 Å². The Morgan fingerprint density at radius 2 is 2.14 bits per heavy atom. The van der Waals surface area contributed by atoms with Gasteiger partial charge >= 0.3 is 0 Å². The van der Waals surface area contributed by atoms with Crippen LogP contribution in [0, 0.1) is 0 Å². The highest BCUT2D eigenvalue weighted by molar-refractivity contribution is 8.76. The number of amides is 1. The molecule has 4 nitrogen and oxygen atoms in total. The van der Waals surface area contributed by atoms with Gasteiger partial charge < -0.3 is 10.2 Å². The standard InChI is InChI=1S/C22H23N3OS2/c1-25-12-4-5-16-13-15(7-9-19(16)25)14-24-22(26)18-8-10-20(28-27-2)21-17(18)6-3-11-23-21/h3,6-11,13H,4-5,12,14H2,1-2H3,(H,24,26). The summed E-state index contributed by atoms with van der Waals surface area (Å²) in [5.41, 5.74) is 5.37. The molecule has 0 aliphatic carbocycles. The molecular formula is C22H23N3OS2. The number of anilines is 1. The van der Waals surface area contributed by atoms with Crippen molar-refractivity contribution in [3.8, 4) is 0 Å². The fraction of sp³-hybridized carbons (Fsp3) is 0.273. The molecule has 0 bridgehead atoms. The van der Waals surface area contributed by atoms with E-state index in [1.807, 2.05) is 30.5 Å². The molecule has 0 saturated carbocycles. The molecule has 1 aliphatic heterocycles. The van der Waals surface area contributed by atoms with Crippen molar-refractivity contribution in [3.05, 3.63) is 65.4 Å². The van der Waals surface area contributed by atoms with E-state index >= 15 is 0 Å². The number of carbonyl (C=O) groups excluding carboxylic acids is 1. The summed E-state index contributed by atoms with van der Waals surface area (Å²) in [5, 5.41) is 3.98. The summed E-state index contributed by atoms with van der Waals surface area (Å²) in [7, 11) is 5.48. The predicted molar refractivity (Wildman–Crippen MR) is 120 cm³/mol. The molecule has 0 radical (unpaired) electrons. The number of hydrogen-bond donors (Lipinski definition) is 1. The van der Waals surface area contributed by atoms with E-state index in [9.17, 15) is 4.79 Å². The lowest BCUT2D eigenvalue weighted by atomic mass is 9.99. The SMILES string of the molecule is CSSc1ccc(C(=O)NCc2ccc3c(c2)CCCN3C)c2cccnc12. The highest BCUT2D eigenvalue weighted by atomic mass is 33.1. The van der Waals surface area contributed by atoms with Crippen LogP contribution in [-0.2, 0) is 13.0 Å². The largest absolute Gasteiger partial charge is 0.374 e. The van der Waals surface area contributed by atoms with Crippen LogP contribution in [0.1, 0.15) is 27.9 Å². The summed E-state index contributed by atoms with van der Waals surface area (Å²) in [5.74, 6) is -0.0615. The van der Waals surface area contributed by atoms with Gasteiger partial charge in [-0.15, -0.1) is 0 Å². The summed E-state index contributed by atoms with van der Waals surface area (Å²) in [6, 6.07) is 14.2. The Labute approximate surface area is 173 Å². The zero-order valence-corrected chi connectivity index (χ0v) is 17.7. The summed E-state index contributed by atoms with van der Waals surface area (Å²) >= 11 is 0. The van der Waals surface area contributed by atoms with Gasteiger partial charge in [0, 0.05) is 47.9 Å². The molecule has 6 heteroatoms. The second kappa shape index (κ2) is 8.45. The number of pyridine rings is 1. The molecule has 1 aliphatic rings. The zero-order chi connectivity index (χ0) is 19.5. The van der Waals surface area contributed by atoms with Crippen LogP contribution in [0.4, 0.5) is 5.69 Å². The minimum atomic E-state index is -0.0615. The molecule has 0 fully saturated rings. The highest BCUT2D eigenvalue weighted by Gasteiger charge is 2.16. The first-order valence-corrected chi connectivity index (χ1v) is 11.9. The number of benzene rings is 2. The van der Waals surface area contributed by atoms with E-state index in [0.29, 0.717) is 12.1 Å². The Hall–Kier alpha value is -2.18. The third kappa shape index (κ3) is 3.84. The van der Waals surface area contributed by atoms with Crippen molar-refractivity contribution in [1.82, 2.24) is 10.3 Å². The van der Waals surface area contributed by atoms with Gasteiger partial charge in [-0.05, 0) is 54.5 Å². The molecule has 3 aromatic rings. The molecule has 0 unspecified atom stereocenters. The average Bonchev–Trinajstić information content (AvgIpc) is 2.72. The molecule has 0 atom stereocenters. The van der Waals surface area contributed by atoms with E-state index in [1.165, 1.54) is 17.7 Å². The monoisotopic (exact) mass is 409 g/mol.